The van der Waals surface area contributed by atoms with Gasteiger partial charge in [0, 0.05) is 37.2 Å². The van der Waals surface area contributed by atoms with Crippen LogP contribution in [-0.2, 0) is 0 Å². The lowest BCUT2D eigenvalue weighted by Crippen LogP contribution is -2.37. The van der Waals surface area contributed by atoms with E-state index in [1.54, 1.807) is 17.5 Å². The molecule has 0 aromatic carbocycles. The molecule has 0 aliphatic carbocycles. The van der Waals surface area contributed by atoms with Crippen molar-refractivity contribution in [3.8, 4) is 5.88 Å². The van der Waals surface area contributed by atoms with Gasteiger partial charge in [-0.25, -0.2) is 4.98 Å². The molecule has 1 saturated heterocycles. The fourth-order valence-corrected chi connectivity index (χ4v) is 3.48. The molecule has 0 amide bonds. The summed E-state index contributed by atoms with van der Waals surface area (Å²) >= 11 is 1.71. The van der Waals surface area contributed by atoms with E-state index >= 15 is 0 Å². The summed E-state index contributed by atoms with van der Waals surface area (Å²) in [4.78, 5) is 6.55. The third kappa shape index (κ3) is 3.74. The first-order valence-corrected chi connectivity index (χ1v) is 8.66. The first-order chi connectivity index (χ1) is 10.7. The monoisotopic (exact) mass is 318 g/mol. The maximum atomic E-state index is 5.80. The SMILES string of the molecule is CC(C)c1nnc(N2CCCC(COc3ccccn3)C2)s1. The van der Waals surface area contributed by atoms with Crippen molar-refractivity contribution in [3.63, 3.8) is 0 Å². The summed E-state index contributed by atoms with van der Waals surface area (Å²) in [5.41, 5.74) is 0. The van der Waals surface area contributed by atoms with E-state index in [4.69, 9.17) is 4.74 Å². The van der Waals surface area contributed by atoms with Crippen molar-refractivity contribution in [1.82, 2.24) is 15.2 Å². The molecule has 0 radical (unpaired) electrons. The highest BCUT2D eigenvalue weighted by atomic mass is 32.1. The van der Waals surface area contributed by atoms with Gasteiger partial charge in [0.05, 0.1) is 6.61 Å². The van der Waals surface area contributed by atoms with Crippen LogP contribution in [0, 0.1) is 5.92 Å². The molecular weight excluding hydrogens is 296 g/mol. The smallest absolute Gasteiger partial charge is 0.213 e. The summed E-state index contributed by atoms with van der Waals surface area (Å²) < 4.78 is 5.80. The van der Waals surface area contributed by atoms with Crippen molar-refractivity contribution in [2.75, 3.05) is 24.6 Å². The average Bonchev–Trinajstić information content (AvgIpc) is 3.05. The lowest BCUT2D eigenvalue weighted by Gasteiger charge is -2.31. The molecule has 0 saturated carbocycles. The highest BCUT2D eigenvalue weighted by Gasteiger charge is 2.23. The number of aromatic nitrogens is 3. The molecule has 3 rings (SSSR count). The zero-order chi connectivity index (χ0) is 15.4. The van der Waals surface area contributed by atoms with Gasteiger partial charge in [-0.1, -0.05) is 31.3 Å². The summed E-state index contributed by atoms with van der Waals surface area (Å²) in [6.45, 7) is 7.07. The van der Waals surface area contributed by atoms with E-state index in [-0.39, 0.29) is 0 Å². The number of pyridine rings is 1. The number of ether oxygens (including phenoxy) is 1. The first-order valence-electron chi connectivity index (χ1n) is 7.84. The molecule has 1 unspecified atom stereocenters. The largest absolute Gasteiger partial charge is 0.477 e. The predicted molar refractivity (Wildman–Crippen MR) is 88.7 cm³/mol. The molecule has 2 aromatic heterocycles. The molecule has 0 N–H and O–H groups in total. The van der Waals surface area contributed by atoms with Crippen LogP contribution in [0.4, 0.5) is 5.13 Å². The van der Waals surface area contributed by atoms with Gasteiger partial charge in [0.1, 0.15) is 5.01 Å². The zero-order valence-electron chi connectivity index (χ0n) is 13.1. The Morgan fingerprint density at radius 3 is 3.00 bits per heavy atom. The maximum absolute atomic E-state index is 5.80. The van der Waals surface area contributed by atoms with Gasteiger partial charge in [-0.2, -0.15) is 0 Å². The Hall–Kier alpha value is -1.69. The highest BCUT2D eigenvalue weighted by molar-refractivity contribution is 7.15. The molecule has 2 aromatic rings. The number of rotatable bonds is 5. The average molecular weight is 318 g/mol. The third-order valence-corrected chi connectivity index (χ3v) is 5.10. The Morgan fingerprint density at radius 1 is 1.36 bits per heavy atom. The number of anilines is 1. The van der Waals surface area contributed by atoms with Crippen LogP contribution in [0.2, 0.25) is 0 Å². The van der Waals surface area contributed by atoms with E-state index in [0.29, 0.717) is 24.3 Å². The predicted octanol–water partition coefficient (Wildman–Crippen LogP) is 3.35. The van der Waals surface area contributed by atoms with Gasteiger partial charge in [0.2, 0.25) is 11.0 Å². The van der Waals surface area contributed by atoms with Crippen LogP contribution in [0.25, 0.3) is 0 Å². The maximum Gasteiger partial charge on any atom is 0.213 e. The summed E-state index contributed by atoms with van der Waals surface area (Å²) in [6, 6.07) is 5.75. The van der Waals surface area contributed by atoms with Crippen molar-refractivity contribution < 1.29 is 4.74 Å². The minimum Gasteiger partial charge on any atom is -0.477 e. The van der Waals surface area contributed by atoms with Crippen LogP contribution in [0.15, 0.2) is 24.4 Å². The summed E-state index contributed by atoms with van der Waals surface area (Å²) in [6.07, 6.45) is 4.13. The van der Waals surface area contributed by atoms with Crippen molar-refractivity contribution in [2.24, 2.45) is 5.92 Å². The molecular formula is C16H22N4OS. The molecule has 1 atom stereocenters. The van der Waals surface area contributed by atoms with E-state index in [1.807, 2.05) is 18.2 Å². The quantitative estimate of drug-likeness (QED) is 0.846. The number of hydrogen-bond acceptors (Lipinski definition) is 6. The molecule has 5 nitrogen and oxygen atoms in total. The molecule has 0 spiro atoms. The Balaban J connectivity index is 1.56. The molecule has 1 aliphatic heterocycles. The van der Waals surface area contributed by atoms with Crippen molar-refractivity contribution in [2.45, 2.75) is 32.6 Å². The third-order valence-electron chi connectivity index (χ3n) is 3.82. The van der Waals surface area contributed by atoms with Crippen LogP contribution in [-0.4, -0.2) is 34.9 Å². The van der Waals surface area contributed by atoms with Gasteiger partial charge in [-0.3, -0.25) is 0 Å². The van der Waals surface area contributed by atoms with E-state index in [0.717, 1.165) is 23.2 Å². The fourth-order valence-electron chi connectivity index (χ4n) is 2.60. The molecule has 6 heteroatoms. The minimum absolute atomic E-state index is 0.444. The summed E-state index contributed by atoms with van der Waals surface area (Å²) in [7, 11) is 0. The van der Waals surface area contributed by atoms with Crippen LogP contribution in [0.5, 0.6) is 5.88 Å². The number of piperidine rings is 1. The van der Waals surface area contributed by atoms with Gasteiger partial charge in [-0.15, -0.1) is 10.2 Å². The topological polar surface area (TPSA) is 51.1 Å². The van der Waals surface area contributed by atoms with Gasteiger partial charge in [-0.05, 0) is 18.9 Å². The molecule has 1 aliphatic rings. The Bertz CT molecular complexity index is 587. The van der Waals surface area contributed by atoms with E-state index in [9.17, 15) is 0 Å². The van der Waals surface area contributed by atoms with E-state index in [2.05, 4.69) is 33.9 Å². The Morgan fingerprint density at radius 2 is 2.27 bits per heavy atom. The molecule has 22 heavy (non-hydrogen) atoms. The lowest BCUT2D eigenvalue weighted by atomic mass is 9.99. The Labute approximate surface area is 135 Å². The fraction of sp³-hybridized carbons (Fsp3) is 0.562. The molecule has 0 bridgehead atoms. The normalized spacial score (nSPS) is 18.7. The zero-order valence-corrected chi connectivity index (χ0v) is 13.9. The Kier molecular flexibility index (Phi) is 4.87. The lowest BCUT2D eigenvalue weighted by molar-refractivity contribution is 0.222. The van der Waals surface area contributed by atoms with Crippen LogP contribution >= 0.6 is 11.3 Å². The minimum atomic E-state index is 0.444. The van der Waals surface area contributed by atoms with Gasteiger partial charge >= 0.3 is 0 Å². The van der Waals surface area contributed by atoms with Gasteiger partial charge < -0.3 is 9.64 Å². The molecule has 3 heterocycles. The second-order valence-electron chi connectivity index (χ2n) is 6.01. The second kappa shape index (κ2) is 7.05. The number of nitrogens with zero attached hydrogens (tertiary/aromatic N) is 4. The highest BCUT2D eigenvalue weighted by Crippen LogP contribution is 2.29. The molecule has 118 valence electrons. The van der Waals surface area contributed by atoms with Crippen LogP contribution in [0.1, 0.15) is 37.6 Å². The van der Waals surface area contributed by atoms with Gasteiger partial charge in [0.15, 0.2) is 0 Å². The van der Waals surface area contributed by atoms with Crippen molar-refractivity contribution in [3.05, 3.63) is 29.4 Å². The molecule has 1 fully saturated rings. The summed E-state index contributed by atoms with van der Waals surface area (Å²) in [5.74, 6) is 1.67. The van der Waals surface area contributed by atoms with Crippen molar-refractivity contribution >= 4 is 16.5 Å². The van der Waals surface area contributed by atoms with E-state index < -0.39 is 0 Å². The number of hydrogen-bond donors (Lipinski definition) is 0. The van der Waals surface area contributed by atoms with Crippen LogP contribution in [0.3, 0.4) is 0 Å². The van der Waals surface area contributed by atoms with Crippen molar-refractivity contribution in [1.29, 1.82) is 0 Å². The van der Waals surface area contributed by atoms with Gasteiger partial charge in [0.25, 0.3) is 0 Å². The van der Waals surface area contributed by atoms with E-state index in [1.165, 1.54) is 12.8 Å². The summed E-state index contributed by atoms with van der Waals surface area (Å²) in [5, 5.41) is 10.8. The standard InChI is InChI=1S/C16H22N4OS/c1-12(2)15-18-19-16(22-15)20-9-5-6-13(10-20)11-21-14-7-3-4-8-17-14/h3-4,7-8,12-13H,5-6,9-11H2,1-2H3. The first kappa shape index (κ1) is 15.2. The van der Waals surface area contributed by atoms with Crippen LogP contribution < -0.4 is 9.64 Å². The second-order valence-corrected chi connectivity index (χ2v) is 7.00.